The topological polar surface area (TPSA) is 121 Å². The lowest BCUT2D eigenvalue weighted by Crippen LogP contribution is -2.03. The van der Waals surface area contributed by atoms with Gasteiger partial charge in [-0.25, -0.2) is 0 Å². The highest BCUT2D eigenvalue weighted by atomic mass is 79.9. The molecule has 3 aromatic heterocycles. The van der Waals surface area contributed by atoms with Gasteiger partial charge in [-0.15, -0.1) is 0 Å². The molecule has 0 unspecified atom stereocenters. The Kier molecular flexibility index (Phi) is 17.4. The largest absolute Gasteiger partial charge is 0.340 e. The van der Waals surface area contributed by atoms with Crippen LogP contribution in [-0.4, -0.2) is 71.8 Å². The van der Waals surface area contributed by atoms with Crippen molar-refractivity contribution in [2.75, 3.05) is 58.1 Å². The molecular formula is C48H64Br2N3O9P3. The van der Waals surface area contributed by atoms with E-state index in [1.807, 2.05) is 41.5 Å². The fourth-order valence-corrected chi connectivity index (χ4v) is 15.3. The molecule has 7 rings (SSSR count). The zero-order chi connectivity index (χ0) is 46.4. The number of aryl methyl sites for hydroxylation is 3. The van der Waals surface area contributed by atoms with E-state index in [2.05, 4.69) is 106 Å². The van der Waals surface area contributed by atoms with E-state index in [0.29, 0.717) is 83.9 Å². The minimum absolute atomic E-state index is 0.340. The fourth-order valence-electron chi connectivity index (χ4n) is 9.35. The van der Waals surface area contributed by atoms with E-state index in [1.165, 1.54) is 0 Å². The molecule has 65 heavy (non-hydrogen) atoms. The number of halogens is 2. The molecule has 0 aliphatic carbocycles. The number of nitrogens with zero attached hydrogens (tertiary/aromatic N) is 3. The third kappa shape index (κ3) is 11.3. The quantitative estimate of drug-likeness (QED) is 0.0366. The molecule has 0 fully saturated rings. The van der Waals surface area contributed by atoms with E-state index >= 15 is 0 Å². The summed E-state index contributed by atoms with van der Waals surface area (Å²) in [7, 11) is -9.49. The molecule has 0 aliphatic rings. The molecule has 17 heteroatoms. The first kappa shape index (κ1) is 50.6. The van der Waals surface area contributed by atoms with Crippen molar-refractivity contribution in [3.63, 3.8) is 0 Å². The summed E-state index contributed by atoms with van der Waals surface area (Å²) >= 11 is 7.53. The minimum atomic E-state index is -3.19. The third-order valence-electron chi connectivity index (χ3n) is 11.9. The van der Waals surface area contributed by atoms with Crippen molar-refractivity contribution in [2.45, 2.75) is 99.7 Å². The highest BCUT2D eigenvalue weighted by molar-refractivity contribution is 9.10. The number of unbranched alkanes of at least 4 members (excludes halogenated alkanes) is 3. The summed E-state index contributed by atoms with van der Waals surface area (Å²) in [5, 5.41) is 6.92. The fraction of sp³-hybridized carbons (Fsp3) is 0.500. The highest BCUT2D eigenvalue weighted by Gasteiger charge is 2.26. The van der Waals surface area contributed by atoms with Gasteiger partial charge in [0.05, 0.1) is 58.1 Å². The first-order chi connectivity index (χ1) is 31.3. The number of rotatable bonds is 27. The van der Waals surface area contributed by atoms with Crippen LogP contribution in [0.2, 0.25) is 0 Å². The van der Waals surface area contributed by atoms with Crippen LogP contribution in [0.5, 0.6) is 0 Å². The molecule has 7 aromatic rings. The summed E-state index contributed by atoms with van der Waals surface area (Å²) < 4.78 is 83.2. The summed E-state index contributed by atoms with van der Waals surface area (Å²) in [5.74, 6) is 0. The van der Waals surface area contributed by atoms with E-state index in [4.69, 9.17) is 27.1 Å². The molecule has 0 saturated heterocycles. The molecule has 0 spiro atoms. The number of aromatic nitrogens is 3. The van der Waals surface area contributed by atoms with Gasteiger partial charge in [0.15, 0.2) is 0 Å². The second kappa shape index (κ2) is 22.4. The third-order valence-corrected chi connectivity index (χ3v) is 19.4. The van der Waals surface area contributed by atoms with Gasteiger partial charge in [-0.3, -0.25) is 13.7 Å². The Balaban J connectivity index is 1.36. The standard InChI is InChI=1S/C48H64Br2N3O9P3/c1-7-57-63(54,58-8-2)26-16-13-23-51-43-21-19-35(49)29-37(43)39-31-47-41(33-45(39)51)42-34-46-40(32-48(42)53(47)25-15-18-28-65(56,61-11-5)62-12-6)38-30-36(50)20-22-44(38)52(46)24-14-17-27-64(55,59-9-3)60-10-4/h19-22,29-34H,7-18,23-28H2,1-6H3. The average Bonchev–Trinajstić information content (AvgIpc) is 3.85. The summed E-state index contributed by atoms with van der Waals surface area (Å²) in [6, 6.07) is 22.4. The predicted octanol–water partition coefficient (Wildman–Crippen LogP) is 15.7. The smallest absolute Gasteiger partial charge is 0.330 e. The molecule has 0 amide bonds. The molecule has 0 bridgehead atoms. The van der Waals surface area contributed by atoms with Crippen LogP contribution < -0.4 is 0 Å². The van der Waals surface area contributed by atoms with Crippen molar-refractivity contribution in [1.82, 2.24) is 13.7 Å². The maximum absolute atomic E-state index is 13.5. The molecular weight excluding hydrogens is 1020 g/mol. The average molecular weight is 1080 g/mol. The van der Waals surface area contributed by atoms with Crippen LogP contribution in [0.25, 0.3) is 65.4 Å². The Bertz CT molecular complexity index is 2720. The van der Waals surface area contributed by atoms with Gasteiger partial charge in [0, 0.05) is 94.0 Å². The monoisotopic (exact) mass is 1080 g/mol. The normalized spacial score (nSPS) is 13.0. The first-order valence-corrected chi connectivity index (χ1v) is 30.0. The molecule has 0 N–H and O–H groups in total. The minimum Gasteiger partial charge on any atom is -0.340 e. The zero-order valence-corrected chi connectivity index (χ0v) is 44.5. The van der Waals surface area contributed by atoms with E-state index < -0.39 is 22.8 Å². The van der Waals surface area contributed by atoms with Gasteiger partial charge in [-0.2, -0.15) is 0 Å². The molecule has 3 heterocycles. The van der Waals surface area contributed by atoms with Gasteiger partial charge in [0.25, 0.3) is 0 Å². The molecule has 0 radical (unpaired) electrons. The second-order valence-electron chi connectivity index (χ2n) is 16.2. The molecule has 354 valence electrons. The van der Waals surface area contributed by atoms with E-state index in [9.17, 15) is 13.7 Å². The van der Waals surface area contributed by atoms with Crippen LogP contribution in [0.1, 0.15) is 80.1 Å². The Morgan fingerprint density at radius 3 is 0.877 bits per heavy atom. The first-order valence-electron chi connectivity index (χ1n) is 23.3. The lowest BCUT2D eigenvalue weighted by molar-refractivity contribution is 0.218. The van der Waals surface area contributed by atoms with Crippen molar-refractivity contribution in [3.8, 4) is 0 Å². The number of benzene rings is 4. The van der Waals surface area contributed by atoms with E-state index in [-0.39, 0.29) is 0 Å². The maximum Gasteiger partial charge on any atom is 0.330 e. The number of fused-ring (bicyclic) bond motifs is 9. The van der Waals surface area contributed by atoms with Crippen LogP contribution in [0.15, 0.2) is 69.6 Å². The molecule has 4 aromatic carbocycles. The van der Waals surface area contributed by atoms with Gasteiger partial charge >= 0.3 is 22.8 Å². The summed E-state index contributed by atoms with van der Waals surface area (Å²) in [6.45, 7) is 15.3. The van der Waals surface area contributed by atoms with Crippen molar-refractivity contribution >= 4 is 120 Å². The SMILES string of the molecule is CCOP(=O)(CCCCn1c2ccc(Br)cc2c2cc3c(cc21)c1cc2c(cc1n3CCCCP(=O)(OCC)OCC)c1cc(Br)ccc1n2CCCCP(=O)(OCC)OCC)OCC. The Labute approximate surface area is 399 Å². The Morgan fingerprint density at radius 1 is 0.369 bits per heavy atom. The van der Waals surface area contributed by atoms with Gasteiger partial charge in [0.1, 0.15) is 0 Å². The lowest BCUT2D eigenvalue weighted by Gasteiger charge is -2.17. The van der Waals surface area contributed by atoms with Crippen molar-refractivity contribution in [2.24, 2.45) is 0 Å². The van der Waals surface area contributed by atoms with Gasteiger partial charge in [0.2, 0.25) is 0 Å². The molecule has 0 aliphatic heterocycles. The number of hydrogen-bond acceptors (Lipinski definition) is 9. The zero-order valence-electron chi connectivity index (χ0n) is 38.6. The van der Waals surface area contributed by atoms with Gasteiger partial charge < -0.3 is 40.8 Å². The van der Waals surface area contributed by atoms with Crippen molar-refractivity contribution in [3.05, 3.63) is 69.6 Å². The van der Waals surface area contributed by atoms with Crippen molar-refractivity contribution in [1.29, 1.82) is 0 Å². The maximum atomic E-state index is 13.5. The summed E-state index contributed by atoms with van der Waals surface area (Å²) in [6.07, 6.45) is 5.56. The lowest BCUT2D eigenvalue weighted by atomic mass is 10.1. The highest BCUT2D eigenvalue weighted by Crippen LogP contribution is 2.51. The second-order valence-corrected chi connectivity index (χ2v) is 24.6. The Morgan fingerprint density at radius 2 is 0.615 bits per heavy atom. The van der Waals surface area contributed by atoms with Crippen LogP contribution in [0.4, 0.5) is 0 Å². The van der Waals surface area contributed by atoms with Crippen LogP contribution in [0, 0.1) is 0 Å². The molecule has 0 atom stereocenters. The summed E-state index contributed by atoms with van der Waals surface area (Å²) in [5.41, 5.74) is 6.80. The van der Waals surface area contributed by atoms with Gasteiger partial charge in [-0.1, -0.05) is 31.9 Å². The Hall–Kier alpha value is -2.31. The van der Waals surface area contributed by atoms with Gasteiger partial charge in [-0.05, 0) is 141 Å². The van der Waals surface area contributed by atoms with Crippen LogP contribution >= 0.6 is 54.6 Å². The van der Waals surface area contributed by atoms with E-state index in [1.54, 1.807) is 0 Å². The summed E-state index contributed by atoms with van der Waals surface area (Å²) in [4.78, 5) is 0. The predicted molar refractivity (Wildman–Crippen MR) is 276 cm³/mol. The van der Waals surface area contributed by atoms with Crippen molar-refractivity contribution < 1.29 is 40.8 Å². The van der Waals surface area contributed by atoms with Crippen LogP contribution in [0.3, 0.4) is 0 Å². The molecule has 0 saturated carbocycles. The number of hydrogen-bond donors (Lipinski definition) is 0. The van der Waals surface area contributed by atoms with E-state index in [0.717, 1.165) is 107 Å². The van der Waals surface area contributed by atoms with Crippen LogP contribution in [-0.2, 0) is 60.5 Å². The molecule has 12 nitrogen and oxygen atoms in total.